The van der Waals surface area contributed by atoms with Crippen molar-refractivity contribution in [3.8, 4) is 17.2 Å². The average Bonchev–Trinajstić information content (AvgIpc) is 2.47. The molecular weight excluding hydrogens is 276 g/mol. The van der Waals surface area contributed by atoms with Crippen molar-refractivity contribution in [1.29, 1.82) is 0 Å². The van der Waals surface area contributed by atoms with E-state index in [1.807, 2.05) is 0 Å². The first-order chi connectivity index (χ1) is 10.0. The van der Waals surface area contributed by atoms with Gasteiger partial charge in [0.2, 0.25) is 0 Å². The molecule has 0 bridgehead atoms. The number of hydrogen-bond acceptors (Lipinski definition) is 5. The number of phenolic OH excluding ortho intramolecular Hbond substituents is 1. The van der Waals surface area contributed by atoms with Crippen LogP contribution < -0.4 is 9.47 Å². The van der Waals surface area contributed by atoms with Crippen molar-refractivity contribution in [2.24, 2.45) is 0 Å². The summed E-state index contributed by atoms with van der Waals surface area (Å²) in [5, 5.41) is 18.7. The Morgan fingerprint density at radius 1 is 1.00 bits per heavy atom. The van der Waals surface area contributed by atoms with Crippen molar-refractivity contribution in [3.05, 3.63) is 53.6 Å². The summed E-state index contributed by atoms with van der Waals surface area (Å²) in [5.74, 6) is -2.48. The summed E-state index contributed by atoms with van der Waals surface area (Å²) in [7, 11) is 1.33. The molecule has 0 aliphatic carbocycles. The molecular formula is C15H12O6. The lowest BCUT2D eigenvalue weighted by Crippen LogP contribution is -2.12. The van der Waals surface area contributed by atoms with Gasteiger partial charge in [-0.3, -0.25) is 0 Å². The molecule has 6 heteroatoms. The lowest BCUT2D eigenvalue weighted by molar-refractivity contribution is 0.0678. The average molecular weight is 288 g/mol. The van der Waals surface area contributed by atoms with Crippen LogP contribution in [0.2, 0.25) is 0 Å². The fourth-order valence-corrected chi connectivity index (χ4v) is 1.74. The monoisotopic (exact) mass is 288 g/mol. The number of carboxylic acid groups (broad SMARTS) is 1. The second kappa shape index (κ2) is 5.96. The minimum atomic E-state index is -1.26. The van der Waals surface area contributed by atoms with Gasteiger partial charge >= 0.3 is 11.9 Å². The fourth-order valence-electron chi connectivity index (χ4n) is 1.74. The topological polar surface area (TPSA) is 93.1 Å². The molecule has 0 heterocycles. The number of aromatic carboxylic acids is 1. The molecule has 0 aliphatic heterocycles. The first-order valence-electron chi connectivity index (χ1n) is 5.95. The van der Waals surface area contributed by atoms with Gasteiger partial charge in [-0.2, -0.15) is 0 Å². The number of benzene rings is 2. The van der Waals surface area contributed by atoms with E-state index in [0.717, 1.165) is 0 Å². The number of hydrogen-bond donors (Lipinski definition) is 2. The lowest BCUT2D eigenvalue weighted by atomic mass is 10.1. The van der Waals surface area contributed by atoms with E-state index >= 15 is 0 Å². The van der Waals surface area contributed by atoms with Crippen molar-refractivity contribution < 1.29 is 29.3 Å². The van der Waals surface area contributed by atoms with Crippen LogP contribution in [-0.2, 0) is 0 Å². The standard InChI is InChI=1S/C15H12O6/c1-20-12-8-4-6-10(14(17)18)13(12)21-15(19)9-5-2-3-7-11(9)16/h2-8,16H,1H3,(H,17,18). The number of methoxy groups -OCH3 is 1. The van der Waals surface area contributed by atoms with Gasteiger partial charge in [0.15, 0.2) is 11.5 Å². The number of aromatic hydroxyl groups is 1. The highest BCUT2D eigenvalue weighted by Crippen LogP contribution is 2.32. The first-order valence-corrected chi connectivity index (χ1v) is 5.95. The van der Waals surface area contributed by atoms with E-state index in [-0.39, 0.29) is 28.4 Å². The highest BCUT2D eigenvalue weighted by atomic mass is 16.6. The first kappa shape index (κ1) is 14.4. The quantitative estimate of drug-likeness (QED) is 0.662. The molecule has 0 spiro atoms. The third-order valence-electron chi connectivity index (χ3n) is 2.75. The van der Waals surface area contributed by atoms with Crippen LogP contribution in [0, 0.1) is 0 Å². The van der Waals surface area contributed by atoms with Crippen LogP contribution in [0.25, 0.3) is 0 Å². The summed E-state index contributed by atoms with van der Waals surface area (Å²) in [5.41, 5.74) is -0.280. The molecule has 0 atom stereocenters. The largest absolute Gasteiger partial charge is 0.507 e. The Morgan fingerprint density at radius 2 is 1.67 bits per heavy atom. The van der Waals surface area contributed by atoms with Crippen LogP contribution in [0.1, 0.15) is 20.7 Å². The van der Waals surface area contributed by atoms with Crippen LogP contribution >= 0.6 is 0 Å². The molecule has 2 aromatic rings. The minimum Gasteiger partial charge on any atom is -0.507 e. The number of ether oxygens (including phenoxy) is 2. The molecule has 0 amide bonds. The predicted octanol–water partition coefficient (Wildman–Crippen LogP) is 2.32. The molecule has 6 nitrogen and oxygen atoms in total. The third-order valence-corrected chi connectivity index (χ3v) is 2.75. The molecule has 0 fully saturated rings. The minimum absolute atomic E-state index is 0.0697. The zero-order valence-corrected chi connectivity index (χ0v) is 11.1. The molecule has 0 unspecified atom stereocenters. The van der Waals surface area contributed by atoms with Gasteiger partial charge in [0.1, 0.15) is 16.9 Å². The van der Waals surface area contributed by atoms with Crippen LogP contribution in [0.4, 0.5) is 0 Å². The highest BCUT2D eigenvalue weighted by Gasteiger charge is 2.21. The Labute approximate surface area is 120 Å². The van der Waals surface area contributed by atoms with E-state index in [9.17, 15) is 14.7 Å². The number of para-hydroxylation sites is 2. The van der Waals surface area contributed by atoms with E-state index in [1.54, 1.807) is 12.1 Å². The zero-order valence-electron chi connectivity index (χ0n) is 11.1. The summed E-state index contributed by atoms with van der Waals surface area (Å²) in [6.07, 6.45) is 0. The third kappa shape index (κ3) is 2.94. The van der Waals surface area contributed by atoms with Crippen LogP contribution in [-0.4, -0.2) is 29.3 Å². The molecule has 21 heavy (non-hydrogen) atoms. The van der Waals surface area contributed by atoms with E-state index in [0.29, 0.717) is 0 Å². The Hall–Kier alpha value is -3.02. The Morgan fingerprint density at radius 3 is 2.29 bits per heavy atom. The predicted molar refractivity (Wildman–Crippen MR) is 73.0 cm³/mol. The summed E-state index contributed by atoms with van der Waals surface area (Å²) in [6.45, 7) is 0. The summed E-state index contributed by atoms with van der Waals surface area (Å²) in [4.78, 5) is 23.2. The number of carbonyl (C=O) groups is 2. The Bertz CT molecular complexity index is 692. The maximum Gasteiger partial charge on any atom is 0.347 e. The van der Waals surface area contributed by atoms with E-state index in [1.165, 1.54) is 37.4 Å². The van der Waals surface area contributed by atoms with Crippen molar-refractivity contribution in [1.82, 2.24) is 0 Å². The number of esters is 1. The van der Waals surface area contributed by atoms with Crippen LogP contribution in [0.5, 0.6) is 17.2 Å². The summed E-state index contributed by atoms with van der Waals surface area (Å²) in [6, 6.07) is 10.0. The summed E-state index contributed by atoms with van der Waals surface area (Å²) >= 11 is 0. The molecule has 2 aromatic carbocycles. The van der Waals surface area contributed by atoms with Crippen molar-refractivity contribution >= 4 is 11.9 Å². The second-order valence-electron chi connectivity index (χ2n) is 4.05. The highest BCUT2D eigenvalue weighted by molar-refractivity contribution is 5.97. The molecule has 2 rings (SSSR count). The summed E-state index contributed by atoms with van der Waals surface area (Å²) < 4.78 is 10.1. The zero-order chi connectivity index (χ0) is 15.4. The van der Waals surface area contributed by atoms with Gasteiger partial charge in [-0.25, -0.2) is 9.59 Å². The SMILES string of the molecule is COc1cccc(C(=O)O)c1OC(=O)c1ccccc1O. The molecule has 2 N–H and O–H groups in total. The van der Waals surface area contributed by atoms with Crippen molar-refractivity contribution in [3.63, 3.8) is 0 Å². The van der Waals surface area contributed by atoms with Gasteiger partial charge in [0, 0.05) is 0 Å². The lowest BCUT2D eigenvalue weighted by Gasteiger charge is -2.12. The van der Waals surface area contributed by atoms with Gasteiger partial charge in [0.05, 0.1) is 7.11 Å². The van der Waals surface area contributed by atoms with Crippen molar-refractivity contribution in [2.45, 2.75) is 0 Å². The van der Waals surface area contributed by atoms with Gasteiger partial charge < -0.3 is 19.7 Å². The van der Waals surface area contributed by atoms with Crippen LogP contribution in [0.15, 0.2) is 42.5 Å². The Kier molecular flexibility index (Phi) is 4.08. The second-order valence-corrected chi connectivity index (χ2v) is 4.05. The fraction of sp³-hybridized carbons (Fsp3) is 0.0667. The molecule has 0 aromatic heterocycles. The Balaban J connectivity index is 2.41. The van der Waals surface area contributed by atoms with E-state index in [4.69, 9.17) is 14.6 Å². The molecule has 0 saturated carbocycles. The van der Waals surface area contributed by atoms with Crippen molar-refractivity contribution in [2.75, 3.05) is 7.11 Å². The van der Waals surface area contributed by atoms with E-state index < -0.39 is 11.9 Å². The molecule has 0 saturated heterocycles. The molecule has 0 radical (unpaired) electrons. The maximum absolute atomic E-state index is 12.0. The number of rotatable bonds is 4. The maximum atomic E-state index is 12.0. The smallest absolute Gasteiger partial charge is 0.347 e. The number of carboxylic acids is 1. The van der Waals surface area contributed by atoms with Gasteiger partial charge in [0.25, 0.3) is 0 Å². The van der Waals surface area contributed by atoms with Gasteiger partial charge in [-0.05, 0) is 24.3 Å². The van der Waals surface area contributed by atoms with Gasteiger partial charge in [-0.1, -0.05) is 18.2 Å². The number of phenols is 1. The normalized spacial score (nSPS) is 9.95. The molecule has 0 aliphatic rings. The van der Waals surface area contributed by atoms with Crippen LogP contribution in [0.3, 0.4) is 0 Å². The van der Waals surface area contributed by atoms with Gasteiger partial charge in [-0.15, -0.1) is 0 Å². The number of carbonyl (C=O) groups excluding carboxylic acids is 1. The van der Waals surface area contributed by atoms with E-state index in [2.05, 4.69) is 0 Å². The molecule has 108 valence electrons.